The number of nitrogens with one attached hydrogen (secondary N) is 1. The number of hydrogen-bond donors (Lipinski definition) is 1. The Bertz CT molecular complexity index is 1000. The first-order valence-corrected chi connectivity index (χ1v) is 8.41. The van der Waals surface area contributed by atoms with Crippen LogP contribution in [0.3, 0.4) is 0 Å². The first-order valence-electron chi connectivity index (χ1n) is 8.41. The molecule has 0 aliphatic carbocycles. The third kappa shape index (κ3) is 3.92. The molecule has 0 bridgehead atoms. The van der Waals surface area contributed by atoms with Gasteiger partial charge in [-0.3, -0.25) is 4.79 Å². The first-order chi connectivity index (χ1) is 13.5. The van der Waals surface area contributed by atoms with Crippen molar-refractivity contribution in [3.8, 4) is 0 Å². The van der Waals surface area contributed by atoms with Crippen molar-refractivity contribution in [2.75, 3.05) is 5.32 Å². The Labute approximate surface area is 161 Å². The third-order valence-corrected chi connectivity index (χ3v) is 4.73. The standard InChI is InChI=1S/C19H14F6N2O2/c1-9-7-11(10-5-6-12(14(21)8-10)19(23,24)25)17(27(9)29)18(28)26-15-4-2-3-13(20)16(15)22/h2-6,8,11,17H,7H2,1H3,(H,26,28). The Balaban J connectivity index is 1.93. The van der Waals surface area contributed by atoms with Crippen molar-refractivity contribution in [2.45, 2.75) is 31.5 Å². The van der Waals surface area contributed by atoms with Crippen LogP contribution in [-0.4, -0.2) is 22.4 Å². The van der Waals surface area contributed by atoms with Gasteiger partial charge in [-0.2, -0.15) is 13.2 Å². The number of nitrogens with zero attached hydrogens (tertiary/aromatic N) is 1. The number of hydrogen-bond acceptors (Lipinski definition) is 2. The number of hydroxylamine groups is 1. The maximum Gasteiger partial charge on any atom is 0.419 e. The van der Waals surface area contributed by atoms with E-state index in [2.05, 4.69) is 5.32 Å². The van der Waals surface area contributed by atoms with Gasteiger partial charge in [0.1, 0.15) is 5.82 Å². The minimum Gasteiger partial charge on any atom is -0.623 e. The van der Waals surface area contributed by atoms with Crippen molar-refractivity contribution in [1.29, 1.82) is 0 Å². The molecular weight excluding hydrogens is 402 g/mol. The van der Waals surface area contributed by atoms with Gasteiger partial charge in [-0.15, -0.1) is 0 Å². The number of alkyl halides is 3. The fourth-order valence-corrected chi connectivity index (χ4v) is 3.31. The highest BCUT2D eigenvalue weighted by molar-refractivity contribution is 5.97. The van der Waals surface area contributed by atoms with E-state index in [1.807, 2.05) is 0 Å². The zero-order chi connectivity index (χ0) is 21.5. The molecule has 4 nitrogen and oxygen atoms in total. The van der Waals surface area contributed by atoms with Crippen LogP contribution in [0, 0.1) is 22.7 Å². The monoisotopic (exact) mass is 416 g/mol. The summed E-state index contributed by atoms with van der Waals surface area (Å²) in [5.41, 5.74) is -1.77. The number of halogens is 6. The Morgan fingerprint density at radius 1 is 1.14 bits per heavy atom. The molecular formula is C19H14F6N2O2. The van der Waals surface area contributed by atoms with Crippen LogP contribution < -0.4 is 5.32 Å². The molecule has 1 aliphatic rings. The molecule has 1 aliphatic heterocycles. The van der Waals surface area contributed by atoms with E-state index >= 15 is 0 Å². The third-order valence-electron chi connectivity index (χ3n) is 4.73. The maximum atomic E-state index is 14.0. The predicted molar refractivity (Wildman–Crippen MR) is 91.8 cm³/mol. The van der Waals surface area contributed by atoms with Crippen molar-refractivity contribution in [3.63, 3.8) is 0 Å². The molecule has 1 heterocycles. The summed E-state index contributed by atoms with van der Waals surface area (Å²) in [6.45, 7) is 1.41. The van der Waals surface area contributed by atoms with Gasteiger partial charge in [0.15, 0.2) is 17.3 Å². The van der Waals surface area contributed by atoms with E-state index in [1.165, 1.54) is 6.92 Å². The van der Waals surface area contributed by atoms with E-state index in [0.29, 0.717) is 16.9 Å². The van der Waals surface area contributed by atoms with E-state index in [0.717, 1.165) is 24.3 Å². The highest BCUT2D eigenvalue weighted by atomic mass is 19.4. The summed E-state index contributed by atoms with van der Waals surface area (Å²) < 4.78 is 79.7. The van der Waals surface area contributed by atoms with Crippen molar-refractivity contribution in [2.24, 2.45) is 0 Å². The fourth-order valence-electron chi connectivity index (χ4n) is 3.31. The molecule has 2 aromatic rings. The lowest BCUT2D eigenvalue weighted by Crippen LogP contribution is -2.37. The van der Waals surface area contributed by atoms with Gasteiger partial charge in [0, 0.05) is 13.3 Å². The summed E-state index contributed by atoms with van der Waals surface area (Å²) in [7, 11) is 0. The zero-order valence-electron chi connectivity index (χ0n) is 14.9. The maximum absolute atomic E-state index is 14.0. The van der Waals surface area contributed by atoms with E-state index in [4.69, 9.17) is 0 Å². The Kier molecular flexibility index (Phi) is 5.29. The van der Waals surface area contributed by atoms with Crippen molar-refractivity contribution in [1.82, 2.24) is 0 Å². The minimum absolute atomic E-state index is 0.00747. The second kappa shape index (κ2) is 7.41. The van der Waals surface area contributed by atoms with Crippen molar-refractivity contribution >= 4 is 17.3 Å². The van der Waals surface area contributed by atoms with Gasteiger partial charge < -0.3 is 10.5 Å². The molecule has 0 aromatic heterocycles. The SMILES string of the molecule is CC1=[N+]([O-])C(C(=O)Nc2cccc(F)c2F)C(c2ccc(C(F)(F)F)c(F)c2)C1. The minimum atomic E-state index is -4.89. The van der Waals surface area contributed by atoms with Gasteiger partial charge in [0.2, 0.25) is 6.04 Å². The summed E-state index contributed by atoms with van der Waals surface area (Å²) >= 11 is 0. The smallest absolute Gasteiger partial charge is 0.419 e. The lowest BCUT2D eigenvalue weighted by atomic mass is 9.89. The lowest BCUT2D eigenvalue weighted by molar-refractivity contribution is -0.479. The Hall–Kier alpha value is -3.04. The molecule has 10 heteroatoms. The molecule has 0 radical (unpaired) electrons. The van der Waals surface area contributed by atoms with E-state index < -0.39 is 52.7 Å². The van der Waals surface area contributed by atoms with Crippen LogP contribution in [0.4, 0.5) is 32.0 Å². The highest BCUT2D eigenvalue weighted by Gasteiger charge is 2.44. The normalized spacial score (nSPS) is 19.6. The molecule has 0 saturated heterocycles. The van der Waals surface area contributed by atoms with Gasteiger partial charge in [-0.25, -0.2) is 17.9 Å². The Morgan fingerprint density at radius 2 is 1.83 bits per heavy atom. The molecule has 29 heavy (non-hydrogen) atoms. The second-order valence-electron chi connectivity index (χ2n) is 6.64. The molecule has 1 amide bonds. The van der Waals surface area contributed by atoms with Gasteiger partial charge in [-0.05, 0) is 29.8 Å². The van der Waals surface area contributed by atoms with Crippen LogP contribution in [0.2, 0.25) is 0 Å². The number of carbonyl (C=O) groups excluding carboxylic acids is 1. The molecule has 0 saturated carbocycles. The molecule has 2 atom stereocenters. The van der Waals surface area contributed by atoms with Crippen LogP contribution >= 0.6 is 0 Å². The van der Waals surface area contributed by atoms with Crippen LogP contribution in [-0.2, 0) is 11.0 Å². The van der Waals surface area contributed by atoms with Gasteiger partial charge in [-0.1, -0.05) is 12.1 Å². The van der Waals surface area contributed by atoms with Crippen LogP contribution in [0.5, 0.6) is 0 Å². The van der Waals surface area contributed by atoms with E-state index in [-0.39, 0.29) is 17.7 Å². The molecule has 2 unspecified atom stereocenters. The number of rotatable bonds is 3. The van der Waals surface area contributed by atoms with Crippen LogP contribution in [0.1, 0.15) is 30.4 Å². The molecule has 0 spiro atoms. The number of benzene rings is 2. The summed E-state index contributed by atoms with van der Waals surface area (Å²) in [6, 6.07) is 3.74. The number of carbonyl (C=O) groups is 1. The lowest BCUT2D eigenvalue weighted by Gasteiger charge is -2.19. The molecule has 154 valence electrons. The summed E-state index contributed by atoms with van der Waals surface area (Å²) in [5, 5.41) is 14.5. The molecule has 3 rings (SSSR count). The number of anilines is 1. The van der Waals surface area contributed by atoms with Crippen LogP contribution in [0.25, 0.3) is 0 Å². The highest BCUT2D eigenvalue weighted by Crippen LogP contribution is 2.36. The second-order valence-corrected chi connectivity index (χ2v) is 6.64. The van der Waals surface area contributed by atoms with Crippen molar-refractivity contribution in [3.05, 3.63) is 70.2 Å². The van der Waals surface area contributed by atoms with Gasteiger partial charge in [0.05, 0.1) is 17.2 Å². The largest absolute Gasteiger partial charge is 0.623 e. The van der Waals surface area contributed by atoms with Crippen molar-refractivity contribution < 1.29 is 35.9 Å². The summed E-state index contributed by atoms with van der Waals surface area (Å²) in [5.74, 6) is -6.04. The summed E-state index contributed by atoms with van der Waals surface area (Å²) in [6.07, 6.45) is -4.91. The first kappa shape index (κ1) is 20.7. The predicted octanol–water partition coefficient (Wildman–Crippen LogP) is 4.59. The Morgan fingerprint density at radius 3 is 2.45 bits per heavy atom. The summed E-state index contributed by atoms with van der Waals surface area (Å²) in [4.78, 5) is 12.6. The van der Waals surface area contributed by atoms with E-state index in [1.54, 1.807) is 0 Å². The average Bonchev–Trinajstić information content (AvgIpc) is 2.93. The quantitative estimate of drug-likeness (QED) is 0.452. The van der Waals surface area contributed by atoms with Crippen LogP contribution in [0.15, 0.2) is 36.4 Å². The fraction of sp³-hybridized carbons (Fsp3) is 0.263. The van der Waals surface area contributed by atoms with E-state index in [9.17, 15) is 36.3 Å². The van der Waals surface area contributed by atoms with Gasteiger partial charge in [0.25, 0.3) is 5.91 Å². The average molecular weight is 416 g/mol. The number of amides is 1. The topological polar surface area (TPSA) is 55.2 Å². The molecule has 1 N–H and O–H groups in total. The zero-order valence-corrected chi connectivity index (χ0v) is 14.9. The van der Waals surface area contributed by atoms with Gasteiger partial charge >= 0.3 is 6.18 Å². The molecule has 2 aromatic carbocycles. The molecule has 0 fully saturated rings.